The average Bonchev–Trinajstić information content (AvgIpc) is 2.77. The summed E-state index contributed by atoms with van der Waals surface area (Å²) in [7, 11) is 0. The molecule has 1 aromatic heterocycles. The van der Waals surface area contributed by atoms with Gasteiger partial charge in [-0.15, -0.1) is 11.3 Å². The summed E-state index contributed by atoms with van der Waals surface area (Å²) in [6.45, 7) is 4.33. The van der Waals surface area contributed by atoms with Crippen LogP contribution in [0.2, 0.25) is 4.34 Å². The second-order valence-electron chi connectivity index (χ2n) is 5.50. The summed E-state index contributed by atoms with van der Waals surface area (Å²) in [5, 5.41) is 3.57. The van der Waals surface area contributed by atoms with Crippen molar-refractivity contribution in [3.63, 3.8) is 0 Å². The van der Waals surface area contributed by atoms with Gasteiger partial charge in [-0.25, -0.2) is 0 Å². The first-order valence-electron chi connectivity index (χ1n) is 7.56. The minimum atomic E-state index is 0.757. The van der Waals surface area contributed by atoms with Crippen molar-refractivity contribution in [3.8, 4) is 0 Å². The summed E-state index contributed by atoms with van der Waals surface area (Å²) < 4.78 is 1.86. The van der Waals surface area contributed by atoms with Gasteiger partial charge in [0.25, 0.3) is 0 Å². The summed E-state index contributed by atoms with van der Waals surface area (Å²) in [6, 6.07) is 2.13. The fraction of sp³-hybridized carbons (Fsp3) is 0.625. The molecular weight excluding hydrogens is 354 g/mol. The Morgan fingerprint density at radius 2 is 2.20 bits per heavy atom. The van der Waals surface area contributed by atoms with Gasteiger partial charge in [0, 0.05) is 15.9 Å². The SMILES string of the molecule is CCCNCC(=Cc1cc(Br)c(Cl)s1)C1CCCCC1. The Morgan fingerprint density at radius 1 is 1.45 bits per heavy atom. The van der Waals surface area contributed by atoms with E-state index in [1.54, 1.807) is 16.9 Å². The molecule has 0 radical (unpaired) electrons. The third kappa shape index (κ3) is 4.87. The summed E-state index contributed by atoms with van der Waals surface area (Å²) in [6.07, 6.45) is 10.4. The number of nitrogens with one attached hydrogen (secondary N) is 1. The van der Waals surface area contributed by atoms with Crippen LogP contribution in [0.4, 0.5) is 0 Å². The third-order valence-corrected chi connectivity index (χ3v) is 6.30. The molecular formula is C16H23BrClNS. The molecule has 1 aromatic rings. The molecule has 0 aliphatic heterocycles. The van der Waals surface area contributed by atoms with Crippen LogP contribution in [0, 0.1) is 5.92 Å². The predicted octanol–water partition coefficient (Wildman–Crippen LogP) is 6.13. The maximum atomic E-state index is 6.15. The molecule has 0 aromatic carbocycles. The fourth-order valence-electron chi connectivity index (χ4n) is 2.81. The van der Waals surface area contributed by atoms with Crippen molar-refractivity contribution in [2.75, 3.05) is 13.1 Å². The van der Waals surface area contributed by atoms with E-state index < -0.39 is 0 Å². The summed E-state index contributed by atoms with van der Waals surface area (Å²) in [5.74, 6) is 0.757. The molecule has 1 fully saturated rings. The molecule has 20 heavy (non-hydrogen) atoms. The third-order valence-electron chi connectivity index (χ3n) is 3.88. The lowest BCUT2D eigenvalue weighted by Crippen LogP contribution is -2.22. The van der Waals surface area contributed by atoms with E-state index in [-0.39, 0.29) is 0 Å². The van der Waals surface area contributed by atoms with E-state index in [1.807, 2.05) is 0 Å². The van der Waals surface area contributed by atoms with Gasteiger partial charge in [0.1, 0.15) is 4.34 Å². The molecule has 112 valence electrons. The maximum Gasteiger partial charge on any atom is 0.108 e. The van der Waals surface area contributed by atoms with Crippen molar-refractivity contribution in [2.45, 2.75) is 45.4 Å². The second kappa shape index (κ2) is 8.57. The smallest absolute Gasteiger partial charge is 0.108 e. The Balaban J connectivity index is 2.11. The van der Waals surface area contributed by atoms with Gasteiger partial charge in [0.2, 0.25) is 0 Å². The Hall–Kier alpha value is 0.170. The average molecular weight is 377 g/mol. The van der Waals surface area contributed by atoms with Crippen LogP contribution in [0.3, 0.4) is 0 Å². The van der Waals surface area contributed by atoms with E-state index in [0.29, 0.717) is 0 Å². The van der Waals surface area contributed by atoms with E-state index in [1.165, 1.54) is 43.4 Å². The van der Waals surface area contributed by atoms with Gasteiger partial charge in [-0.2, -0.15) is 0 Å². The van der Waals surface area contributed by atoms with Crippen LogP contribution in [0.1, 0.15) is 50.3 Å². The van der Waals surface area contributed by atoms with Crippen LogP contribution in [-0.2, 0) is 0 Å². The van der Waals surface area contributed by atoms with Crippen LogP contribution in [0.15, 0.2) is 16.1 Å². The highest BCUT2D eigenvalue weighted by atomic mass is 79.9. The Morgan fingerprint density at radius 3 is 2.80 bits per heavy atom. The standard InChI is InChI=1S/C16H23BrClNS/c1-2-8-19-11-13(12-6-4-3-5-7-12)9-14-10-15(17)16(18)20-14/h9-10,12,19H,2-8,11H2,1H3. The Kier molecular flexibility index (Phi) is 7.09. The molecule has 1 aliphatic rings. The van der Waals surface area contributed by atoms with Gasteiger partial charge < -0.3 is 5.32 Å². The van der Waals surface area contributed by atoms with E-state index >= 15 is 0 Å². The van der Waals surface area contributed by atoms with E-state index in [4.69, 9.17) is 11.6 Å². The van der Waals surface area contributed by atoms with Crippen molar-refractivity contribution in [2.24, 2.45) is 5.92 Å². The molecule has 1 heterocycles. The highest BCUT2D eigenvalue weighted by Gasteiger charge is 2.18. The van der Waals surface area contributed by atoms with Crippen LogP contribution in [-0.4, -0.2) is 13.1 Å². The highest BCUT2D eigenvalue weighted by Crippen LogP contribution is 2.35. The summed E-state index contributed by atoms with van der Waals surface area (Å²) >= 11 is 11.3. The summed E-state index contributed by atoms with van der Waals surface area (Å²) in [4.78, 5) is 1.26. The molecule has 1 aliphatic carbocycles. The number of rotatable bonds is 6. The molecule has 0 atom stereocenters. The normalized spacial score (nSPS) is 17.6. The van der Waals surface area contributed by atoms with Crippen molar-refractivity contribution >= 4 is 44.9 Å². The van der Waals surface area contributed by atoms with Gasteiger partial charge in [-0.3, -0.25) is 0 Å². The van der Waals surface area contributed by atoms with Gasteiger partial charge in [-0.05, 0) is 59.8 Å². The Labute approximate surface area is 139 Å². The van der Waals surface area contributed by atoms with Crippen molar-refractivity contribution < 1.29 is 0 Å². The lowest BCUT2D eigenvalue weighted by molar-refractivity contribution is 0.397. The molecule has 1 saturated carbocycles. The number of hydrogen-bond acceptors (Lipinski definition) is 2. The summed E-state index contributed by atoms with van der Waals surface area (Å²) in [5.41, 5.74) is 1.56. The maximum absolute atomic E-state index is 6.15. The van der Waals surface area contributed by atoms with Crippen LogP contribution in [0.25, 0.3) is 6.08 Å². The number of hydrogen-bond donors (Lipinski definition) is 1. The monoisotopic (exact) mass is 375 g/mol. The minimum Gasteiger partial charge on any atom is -0.313 e. The van der Waals surface area contributed by atoms with E-state index in [2.05, 4.69) is 40.3 Å². The quantitative estimate of drug-likeness (QED) is 0.589. The van der Waals surface area contributed by atoms with E-state index in [0.717, 1.165) is 27.8 Å². The number of thiophene rings is 1. The van der Waals surface area contributed by atoms with Crippen LogP contribution < -0.4 is 5.32 Å². The molecule has 0 saturated heterocycles. The second-order valence-corrected chi connectivity index (χ2v) is 8.04. The van der Waals surface area contributed by atoms with Gasteiger partial charge in [0.05, 0.1) is 0 Å². The molecule has 2 rings (SSSR count). The van der Waals surface area contributed by atoms with E-state index in [9.17, 15) is 0 Å². The van der Waals surface area contributed by atoms with Crippen LogP contribution in [0.5, 0.6) is 0 Å². The first-order chi connectivity index (χ1) is 9.70. The zero-order valence-electron chi connectivity index (χ0n) is 12.1. The lowest BCUT2D eigenvalue weighted by atomic mass is 9.83. The minimum absolute atomic E-state index is 0.757. The first-order valence-corrected chi connectivity index (χ1v) is 9.55. The predicted molar refractivity (Wildman–Crippen MR) is 94.7 cm³/mol. The molecule has 1 nitrogen and oxygen atoms in total. The number of halogens is 2. The molecule has 0 spiro atoms. The highest BCUT2D eigenvalue weighted by molar-refractivity contribution is 9.10. The zero-order valence-corrected chi connectivity index (χ0v) is 15.2. The molecule has 0 bridgehead atoms. The van der Waals surface area contributed by atoms with Gasteiger partial charge >= 0.3 is 0 Å². The van der Waals surface area contributed by atoms with Crippen molar-refractivity contribution in [1.29, 1.82) is 0 Å². The fourth-order valence-corrected chi connectivity index (χ4v) is 4.53. The topological polar surface area (TPSA) is 12.0 Å². The molecule has 4 heteroatoms. The lowest BCUT2D eigenvalue weighted by Gasteiger charge is -2.25. The molecule has 0 amide bonds. The van der Waals surface area contributed by atoms with Crippen molar-refractivity contribution in [1.82, 2.24) is 5.32 Å². The molecule has 0 unspecified atom stereocenters. The van der Waals surface area contributed by atoms with Crippen molar-refractivity contribution in [3.05, 3.63) is 25.3 Å². The largest absolute Gasteiger partial charge is 0.313 e. The van der Waals surface area contributed by atoms with Gasteiger partial charge in [0.15, 0.2) is 0 Å². The Bertz CT molecular complexity index is 430. The van der Waals surface area contributed by atoms with Crippen LogP contribution >= 0.6 is 38.9 Å². The first kappa shape index (κ1) is 16.5. The van der Waals surface area contributed by atoms with Gasteiger partial charge in [-0.1, -0.05) is 43.4 Å². The molecule has 1 N–H and O–H groups in total. The zero-order chi connectivity index (χ0) is 14.4.